The van der Waals surface area contributed by atoms with E-state index in [1.807, 2.05) is 0 Å². The van der Waals surface area contributed by atoms with Gasteiger partial charge in [0.1, 0.15) is 11.5 Å². The molecule has 7 rings (SSSR count). The fraction of sp³-hybridized carbons (Fsp3) is 0.633. The first kappa shape index (κ1) is 23.7. The SMILES string of the molecule is Cc1c(NC(=O)c2nc(C3CCCCC3)[nH]c2CCC23CC4CC(CC(C4)C2)C3)cccc1C(=O)O. The molecule has 5 aliphatic carbocycles. The van der Waals surface area contributed by atoms with E-state index in [1.54, 1.807) is 25.1 Å². The van der Waals surface area contributed by atoms with Crippen LogP contribution in [0.1, 0.15) is 121 Å². The number of benzene rings is 1. The second kappa shape index (κ2) is 9.35. The van der Waals surface area contributed by atoms with E-state index in [9.17, 15) is 14.7 Å². The molecule has 36 heavy (non-hydrogen) atoms. The Labute approximate surface area is 213 Å². The van der Waals surface area contributed by atoms with Crippen molar-refractivity contribution in [2.24, 2.45) is 23.2 Å². The average Bonchev–Trinajstić information content (AvgIpc) is 3.28. The molecule has 1 amide bonds. The number of hydrogen-bond donors (Lipinski definition) is 3. The summed E-state index contributed by atoms with van der Waals surface area (Å²) in [6, 6.07) is 5.02. The summed E-state index contributed by atoms with van der Waals surface area (Å²) < 4.78 is 0. The van der Waals surface area contributed by atoms with Crippen molar-refractivity contribution >= 4 is 17.6 Å². The van der Waals surface area contributed by atoms with Crippen LogP contribution in [0.2, 0.25) is 0 Å². The van der Waals surface area contributed by atoms with Gasteiger partial charge >= 0.3 is 5.97 Å². The second-order valence-electron chi connectivity index (χ2n) is 12.4. The van der Waals surface area contributed by atoms with E-state index in [2.05, 4.69) is 10.3 Å². The van der Waals surface area contributed by atoms with E-state index in [0.29, 0.717) is 28.3 Å². The number of aromatic carboxylic acids is 1. The Kier molecular flexibility index (Phi) is 6.17. The molecular weight excluding hydrogens is 450 g/mol. The topological polar surface area (TPSA) is 95.1 Å². The molecule has 1 aromatic carbocycles. The maximum atomic E-state index is 13.5. The number of rotatable bonds is 7. The van der Waals surface area contributed by atoms with E-state index in [-0.39, 0.29) is 11.5 Å². The van der Waals surface area contributed by atoms with Gasteiger partial charge in [0.2, 0.25) is 0 Å². The van der Waals surface area contributed by atoms with Crippen LogP contribution in [0.25, 0.3) is 0 Å². The molecule has 3 N–H and O–H groups in total. The lowest BCUT2D eigenvalue weighted by atomic mass is 9.48. The quantitative estimate of drug-likeness (QED) is 0.396. The van der Waals surface area contributed by atoms with Crippen molar-refractivity contribution in [2.45, 2.75) is 96.3 Å². The van der Waals surface area contributed by atoms with Gasteiger partial charge in [-0.3, -0.25) is 4.79 Å². The zero-order valence-electron chi connectivity index (χ0n) is 21.4. The van der Waals surface area contributed by atoms with Crippen LogP contribution in [0.5, 0.6) is 0 Å². The molecule has 6 heteroatoms. The minimum atomic E-state index is -0.987. The van der Waals surface area contributed by atoms with E-state index in [0.717, 1.165) is 55.0 Å². The first-order chi connectivity index (χ1) is 17.4. The molecule has 0 aliphatic heterocycles. The van der Waals surface area contributed by atoms with Crippen molar-refractivity contribution in [3.63, 3.8) is 0 Å². The average molecular weight is 490 g/mol. The lowest BCUT2D eigenvalue weighted by Gasteiger charge is -2.57. The zero-order chi connectivity index (χ0) is 24.9. The lowest BCUT2D eigenvalue weighted by Crippen LogP contribution is -2.46. The number of carbonyl (C=O) groups is 2. The highest BCUT2D eigenvalue weighted by atomic mass is 16.4. The number of aryl methyl sites for hydroxylation is 1. The summed E-state index contributed by atoms with van der Waals surface area (Å²) in [5, 5.41) is 12.5. The van der Waals surface area contributed by atoms with Gasteiger partial charge in [-0.1, -0.05) is 25.3 Å². The summed E-state index contributed by atoms with van der Waals surface area (Å²) in [5.74, 6) is 2.90. The van der Waals surface area contributed by atoms with Gasteiger partial charge < -0.3 is 15.4 Å². The highest BCUT2D eigenvalue weighted by molar-refractivity contribution is 6.05. The molecule has 1 aromatic heterocycles. The molecule has 2 aromatic rings. The van der Waals surface area contributed by atoms with E-state index < -0.39 is 5.97 Å². The number of aromatic amines is 1. The lowest BCUT2D eigenvalue weighted by molar-refractivity contribution is -0.0570. The van der Waals surface area contributed by atoms with Gasteiger partial charge in [-0.25, -0.2) is 9.78 Å². The second-order valence-corrected chi connectivity index (χ2v) is 12.4. The highest BCUT2D eigenvalue weighted by Crippen LogP contribution is 2.61. The summed E-state index contributed by atoms with van der Waals surface area (Å²) >= 11 is 0. The van der Waals surface area contributed by atoms with Crippen LogP contribution in [0.15, 0.2) is 18.2 Å². The number of imidazole rings is 1. The van der Waals surface area contributed by atoms with Gasteiger partial charge in [-0.05, 0) is 112 Å². The summed E-state index contributed by atoms with van der Waals surface area (Å²) in [7, 11) is 0. The third-order valence-corrected chi connectivity index (χ3v) is 9.89. The first-order valence-corrected chi connectivity index (χ1v) is 14.1. The molecule has 0 radical (unpaired) electrons. The summed E-state index contributed by atoms with van der Waals surface area (Å²) in [4.78, 5) is 33.7. The van der Waals surface area contributed by atoms with Crippen LogP contribution < -0.4 is 5.32 Å². The number of hydrogen-bond acceptors (Lipinski definition) is 3. The molecule has 0 atom stereocenters. The zero-order valence-corrected chi connectivity index (χ0v) is 21.4. The number of carboxylic acids is 1. The Balaban J connectivity index is 1.25. The number of H-pyrrole nitrogens is 1. The van der Waals surface area contributed by atoms with E-state index in [4.69, 9.17) is 4.98 Å². The molecule has 5 fully saturated rings. The molecule has 4 bridgehead atoms. The molecule has 0 spiro atoms. The molecule has 6 nitrogen and oxygen atoms in total. The minimum absolute atomic E-state index is 0.208. The highest BCUT2D eigenvalue weighted by Gasteiger charge is 2.50. The number of amides is 1. The summed E-state index contributed by atoms with van der Waals surface area (Å²) in [5.41, 5.74) is 3.23. The fourth-order valence-electron chi connectivity index (χ4n) is 8.54. The van der Waals surface area contributed by atoms with Crippen molar-refractivity contribution in [1.82, 2.24) is 9.97 Å². The van der Waals surface area contributed by atoms with Gasteiger partial charge in [0, 0.05) is 17.3 Å². The van der Waals surface area contributed by atoms with Gasteiger partial charge in [0.25, 0.3) is 5.91 Å². The van der Waals surface area contributed by atoms with Crippen molar-refractivity contribution in [3.8, 4) is 0 Å². The van der Waals surface area contributed by atoms with Gasteiger partial charge in [0.05, 0.1) is 5.56 Å². The standard InChI is InChI=1S/C30H39N3O3/c1-18-23(29(35)36)8-5-9-24(18)32-28(34)26-25(31-27(33-26)22-6-3-2-4-7-22)10-11-30-15-19-12-20(16-30)14-21(13-19)17-30/h5,8-9,19-22H,2-4,6-7,10-17H2,1H3,(H,31,33)(H,32,34)(H,35,36). The third kappa shape index (κ3) is 4.48. The Morgan fingerprint density at radius 1 is 1.06 bits per heavy atom. The maximum absolute atomic E-state index is 13.5. The predicted molar refractivity (Wildman–Crippen MR) is 139 cm³/mol. The Bertz CT molecular complexity index is 1120. The Morgan fingerprint density at radius 3 is 2.36 bits per heavy atom. The molecule has 1 heterocycles. The summed E-state index contributed by atoms with van der Waals surface area (Å²) in [6.45, 7) is 1.74. The van der Waals surface area contributed by atoms with Crippen molar-refractivity contribution in [2.75, 3.05) is 5.32 Å². The van der Waals surface area contributed by atoms with Crippen molar-refractivity contribution in [3.05, 3.63) is 46.5 Å². The minimum Gasteiger partial charge on any atom is -0.478 e. The van der Waals surface area contributed by atoms with Crippen LogP contribution in [-0.2, 0) is 6.42 Å². The Hall–Kier alpha value is -2.63. The van der Waals surface area contributed by atoms with Crippen LogP contribution >= 0.6 is 0 Å². The first-order valence-electron chi connectivity index (χ1n) is 14.1. The largest absolute Gasteiger partial charge is 0.478 e. The van der Waals surface area contributed by atoms with Gasteiger partial charge in [-0.2, -0.15) is 0 Å². The van der Waals surface area contributed by atoms with E-state index >= 15 is 0 Å². The molecule has 0 saturated heterocycles. The van der Waals surface area contributed by atoms with Crippen LogP contribution in [0.4, 0.5) is 5.69 Å². The van der Waals surface area contributed by atoms with E-state index in [1.165, 1.54) is 57.8 Å². The molecule has 192 valence electrons. The normalized spacial score (nSPS) is 29.4. The smallest absolute Gasteiger partial charge is 0.336 e. The van der Waals surface area contributed by atoms with Gasteiger partial charge in [0.15, 0.2) is 0 Å². The maximum Gasteiger partial charge on any atom is 0.336 e. The number of anilines is 1. The molecular formula is C30H39N3O3. The number of aromatic nitrogens is 2. The fourth-order valence-corrected chi connectivity index (χ4v) is 8.54. The van der Waals surface area contributed by atoms with Crippen LogP contribution in [0, 0.1) is 30.1 Å². The Morgan fingerprint density at radius 2 is 1.72 bits per heavy atom. The number of carbonyl (C=O) groups excluding carboxylic acids is 1. The van der Waals surface area contributed by atoms with Crippen LogP contribution in [0.3, 0.4) is 0 Å². The number of nitrogens with zero attached hydrogens (tertiary/aromatic N) is 1. The van der Waals surface area contributed by atoms with Crippen molar-refractivity contribution in [1.29, 1.82) is 0 Å². The van der Waals surface area contributed by atoms with Crippen molar-refractivity contribution < 1.29 is 14.7 Å². The third-order valence-electron chi connectivity index (χ3n) is 9.89. The number of carboxylic acid groups (broad SMARTS) is 1. The van der Waals surface area contributed by atoms with Gasteiger partial charge in [-0.15, -0.1) is 0 Å². The van der Waals surface area contributed by atoms with Crippen LogP contribution in [-0.4, -0.2) is 27.0 Å². The predicted octanol–water partition coefficient (Wildman–Crippen LogP) is 6.87. The number of nitrogens with one attached hydrogen (secondary N) is 2. The molecule has 0 unspecified atom stereocenters. The molecule has 5 saturated carbocycles. The molecule has 5 aliphatic rings. The summed E-state index contributed by atoms with van der Waals surface area (Å²) in [6.07, 6.45) is 16.4. The monoisotopic (exact) mass is 489 g/mol.